The van der Waals surface area contributed by atoms with Gasteiger partial charge in [0.15, 0.2) is 5.82 Å². The molecular weight excluding hydrogens is 276 g/mol. The molecule has 0 atom stereocenters. The minimum atomic E-state index is -0.728. The first-order chi connectivity index (χ1) is 9.98. The van der Waals surface area contributed by atoms with Crippen molar-refractivity contribution in [2.75, 3.05) is 0 Å². The van der Waals surface area contributed by atoms with Gasteiger partial charge < -0.3 is 10.3 Å². The number of rotatable bonds is 2. The van der Waals surface area contributed by atoms with E-state index in [0.717, 1.165) is 37.8 Å². The van der Waals surface area contributed by atoms with Gasteiger partial charge in [0.1, 0.15) is 11.6 Å². The zero-order valence-electron chi connectivity index (χ0n) is 11.8. The predicted molar refractivity (Wildman–Crippen MR) is 73.1 cm³/mol. The molecular formula is C15H17F2N3O. The lowest BCUT2D eigenvalue weighted by molar-refractivity contribution is 0.230. The van der Waals surface area contributed by atoms with E-state index in [1.54, 1.807) is 0 Å². The summed E-state index contributed by atoms with van der Waals surface area (Å²) < 4.78 is 31.8. The van der Waals surface area contributed by atoms with Crippen LogP contribution in [0, 0.1) is 17.6 Å². The molecule has 4 nitrogen and oxygen atoms in total. The van der Waals surface area contributed by atoms with Gasteiger partial charge in [-0.15, -0.1) is 0 Å². The summed E-state index contributed by atoms with van der Waals surface area (Å²) in [6.07, 6.45) is 3.56. The summed E-state index contributed by atoms with van der Waals surface area (Å²) in [4.78, 5) is 4.23. The van der Waals surface area contributed by atoms with Crippen LogP contribution in [0.2, 0.25) is 0 Å². The number of aromatic nitrogens is 2. The Balaban J connectivity index is 1.89. The Morgan fingerprint density at radius 2 is 2.00 bits per heavy atom. The van der Waals surface area contributed by atoms with Gasteiger partial charge in [-0.25, -0.2) is 8.78 Å². The SMILES string of the molecule is CC1CCC(N)(c2noc(-c3ccc(F)cc3F)n2)CC1. The molecule has 0 aliphatic heterocycles. The zero-order valence-corrected chi connectivity index (χ0v) is 11.8. The second kappa shape index (κ2) is 5.18. The van der Waals surface area contributed by atoms with Gasteiger partial charge in [0.25, 0.3) is 5.89 Å². The van der Waals surface area contributed by atoms with E-state index in [0.29, 0.717) is 11.7 Å². The molecule has 1 aliphatic carbocycles. The number of halogens is 2. The molecule has 0 bridgehead atoms. The molecule has 2 N–H and O–H groups in total. The van der Waals surface area contributed by atoms with Crippen molar-refractivity contribution in [2.24, 2.45) is 11.7 Å². The van der Waals surface area contributed by atoms with Gasteiger partial charge in [-0.3, -0.25) is 0 Å². The quantitative estimate of drug-likeness (QED) is 0.922. The maximum atomic E-state index is 13.7. The van der Waals surface area contributed by atoms with Crippen molar-refractivity contribution < 1.29 is 13.3 Å². The Bertz CT molecular complexity index is 648. The van der Waals surface area contributed by atoms with Crippen LogP contribution in [0.5, 0.6) is 0 Å². The molecule has 1 aliphatic rings. The summed E-state index contributed by atoms with van der Waals surface area (Å²) in [5, 5.41) is 3.91. The van der Waals surface area contributed by atoms with E-state index >= 15 is 0 Å². The predicted octanol–water partition coefficient (Wildman–Crippen LogP) is 3.38. The van der Waals surface area contributed by atoms with E-state index in [1.807, 2.05) is 0 Å². The number of hydrogen-bond donors (Lipinski definition) is 1. The van der Waals surface area contributed by atoms with Crippen molar-refractivity contribution in [3.05, 3.63) is 35.7 Å². The minimum absolute atomic E-state index is 0.0333. The van der Waals surface area contributed by atoms with E-state index in [1.165, 1.54) is 6.07 Å². The molecule has 1 fully saturated rings. The molecule has 0 unspecified atom stereocenters. The van der Waals surface area contributed by atoms with E-state index < -0.39 is 17.2 Å². The lowest BCUT2D eigenvalue weighted by atomic mass is 9.77. The van der Waals surface area contributed by atoms with Gasteiger partial charge in [-0.1, -0.05) is 12.1 Å². The topological polar surface area (TPSA) is 64.9 Å². The van der Waals surface area contributed by atoms with Crippen molar-refractivity contribution in [2.45, 2.75) is 38.1 Å². The minimum Gasteiger partial charge on any atom is -0.334 e. The summed E-state index contributed by atoms with van der Waals surface area (Å²) in [6.45, 7) is 2.19. The lowest BCUT2D eigenvalue weighted by Gasteiger charge is -2.33. The number of benzene rings is 1. The van der Waals surface area contributed by atoms with Crippen molar-refractivity contribution in [3.63, 3.8) is 0 Å². The van der Waals surface area contributed by atoms with Crippen molar-refractivity contribution in [1.29, 1.82) is 0 Å². The molecule has 0 radical (unpaired) electrons. The van der Waals surface area contributed by atoms with Crippen LogP contribution in [0.15, 0.2) is 22.7 Å². The van der Waals surface area contributed by atoms with Crippen molar-refractivity contribution in [3.8, 4) is 11.5 Å². The number of nitrogens with two attached hydrogens (primary N) is 1. The molecule has 1 saturated carbocycles. The number of hydrogen-bond acceptors (Lipinski definition) is 4. The van der Waals surface area contributed by atoms with Crippen molar-refractivity contribution in [1.82, 2.24) is 10.1 Å². The summed E-state index contributed by atoms with van der Waals surface area (Å²) in [6, 6.07) is 3.23. The Labute approximate surface area is 121 Å². The molecule has 2 aromatic rings. The number of nitrogens with zero attached hydrogens (tertiary/aromatic N) is 2. The van der Waals surface area contributed by atoms with Crippen LogP contribution in [-0.2, 0) is 5.54 Å². The molecule has 112 valence electrons. The first-order valence-electron chi connectivity index (χ1n) is 7.06. The van der Waals surface area contributed by atoms with E-state index in [9.17, 15) is 8.78 Å². The largest absolute Gasteiger partial charge is 0.334 e. The molecule has 21 heavy (non-hydrogen) atoms. The van der Waals surface area contributed by atoms with Crippen molar-refractivity contribution >= 4 is 0 Å². The summed E-state index contributed by atoms with van der Waals surface area (Å²) >= 11 is 0. The van der Waals surface area contributed by atoms with E-state index in [-0.39, 0.29) is 11.5 Å². The highest BCUT2D eigenvalue weighted by molar-refractivity contribution is 5.53. The van der Waals surface area contributed by atoms with Crippen LogP contribution in [0.25, 0.3) is 11.5 Å². The highest BCUT2D eigenvalue weighted by atomic mass is 19.1. The van der Waals surface area contributed by atoms with Crippen LogP contribution < -0.4 is 5.73 Å². The molecule has 6 heteroatoms. The van der Waals surface area contributed by atoms with Gasteiger partial charge in [0.2, 0.25) is 0 Å². The average molecular weight is 293 g/mol. The van der Waals surface area contributed by atoms with Crippen LogP contribution in [0.3, 0.4) is 0 Å². The molecule has 1 heterocycles. The molecule has 0 spiro atoms. The fourth-order valence-electron chi connectivity index (χ4n) is 2.70. The lowest BCUT2D eigenvalue weighted by Crippen LogP contribution is -2.41. The molecule has 0 saturated heterocycles. The Morgan fingerprint density at radius 1 is 1.29 bits per heavy atom. The highest BCUT2D eigenvalue weighted by Gasteiger charge is 2.36. The first-order valence-corrected chi connectivity index (χ1v) is 7.06. The van der Waals surface area contributed by atoms with Gasteiger partial charge in [-0.2, -0.15) is 4.98 Å². The van der Waals surface area contributed by atoms with Gasteiger partial charge in [0.05, 0.1) is 11.1 Å². The smallest absolute Gasteiger partial charge is 0.260 e. The Morgan fingerprint density at radius 3 is 2.67 bits per heavy atom. The Hall–Kier alpha value is -1.82. The van der Waals surface area contributed by atoms with E-state index in [4.69, 9.17) is 10.3 Å². The van der Waals surface area contributed by atoms with Crippen LogP contribution in [0.4, 0.5) is 8.78 Å². The fourth-order valence-corrected chi connectivity index (χ4v) is 2.70. The van der Waals surface area contributed by atoms with Gasteiger partial charge in [-0.05, 0) is 43.7 Å². The fraction of sp³-hybridized carbons (Fsp3) is 0.467. The van der Waals surface area contributed by atoms with Gasteiger partial charge >= 0.3 is 0 Å². The third-order valence-corrected chi connectivity index (χ3v) is 4.20. The Kier molecular flexibility index (Phi) is 3.49. The molecule has 1 aromatic carbocycles. The zero-order chi connectivity index (χ0) is 15.0. The molecule has 0 amide bonds. The summed E-state index contributed by atoms with van der Waals surface area (Å²) in [7, 11) is 0. The van der Waals surface area contributed by atoms with Gasteiger partial charge in [0, 0.05) is 6.07 Å². The molecule has 1 aromatic heterocycles. The monoisotopic (exact) mass is 293 g/mol. The maximum Gasteiger partial charge on any atom is 0.260 e. The summed E-state index contributed by atoms with van der Waals surface area (Å²) in [5.74, 6) is -0.303. The molecule has 3 rings (SSSR count). The second-order valence-corrected chi connectivity index (χ2v) is 5.89. The van der Waals surface area contributed by atoms with E-state index in [2.05, 4.69) is 17.1 Å². The van der Waals surface area contributed by atoms with Crippen LogP contribution in [0.1, 0.15) is 38.4 Å². The average Bonchev–Trinajstić information content (AvgIpc) is 2.92. The maximum absolute atomic E-state index is 13.7. The summed E-state index contributed by atoms with van der Waals surface area (Å²) in [5.41, 5.74) is 5.82. The third-order valence-electron chi connectivity index (χ3n) is 4.20. The first kappa shape index (κ1) is 14.1. The third kappa shape index (κ3) is 2.68. The standard InChI is InChI=1S/C15H17F2N3O/c1-9-4-6-15(18,7-5-9)14-19-13(21-20-14)11-3-2-10(16)8-12(11)17/h2-3,8-9H,4-7,18H2,1H3. The van der Waals surface area contributed by atoms with Crippen LogP contribution >= 0.6 is 0 Å². The van der Waals surface area contributed by atoms with Crippen LogP contribution in [-0.4, -0.2) is 10.1 Å². The normalized spacial score (nSPS) is 26.0. The second-order valence-electron chi connectivity index (χ2n) is 5.89. The highest BCUT2D eigenvalue weighted by Crippen LogP contribution is 2.36.